The molecule has 0 aliphatic rings. The smallest absolute Gasteiger partial charge is 0.137 e. The molecule has 0 radical (unpaired) electrons. The van der Waals surface area contributed by atoms with E-state index in [0.29, 0.717) is 5.15 Å². The summed E-state index contributed by atoms with van der Waals surface area (Å²) in [6.07, 6.45) is 6.72. The van der Waals surface area contributed by atoms with E-state index in [1.165, 1.54) is 6.33 Å². The molecule has 1 N–H and O–H groups in total. The monoisotopic (exact) mass is 269 g/mol. The van der Waals surface area contributed by atoms with Crippen molar-refractivity contribution in [3.05, 3.63) is 17.0 Å². The lowest BCUT2D eigenvalue weighted by molar-refractivity contribution is 0.418. The molecule has 3 nitrogen and oxygen atoms in total. The van der Waals surface area contributed by atoms with Crippen LogP contribution in [0.25, 0.3) is 0 Å². The van der Waals surface area contributed by atoms with E-state index in [4.69, 9.17) is 11.6 Å². The minimum atomic E-state index is 0.111. The maximum atomic E-state index is 6.18. The van der Waals surface area contributed by atoms with Gasteiger partial charge in [0.25, 0.3) is 0 Å². The third kappa shape index (κ3) is 3.35. The zero-order chi connectivity index (χ0) is 13.6. The molecule has 0 unspecified atom stereocenters. The molecule has 1 aromatic heterocycles. The highest BCUT2D eigenvalue weighted by Gasteiger charge is 2.25. The topological polar surface area (TPSA) is 37.8 Å². The molecule has 1 aromatic rings. The van der Waals surface area contributed by atoms with E-state index in [9.17, 15) is 0 Å². The summed E-state index contributed by atoms with van der Waals surface area (Å²) in [4.78, 5) is 8.46. The fourth-order valence-corrected chi connectivity index (χ4v) is 2.46. The van der Waals surface area contributed by atoms with Crippen LogP contribution in [0, 0.1) is 0 Å². The molecular formula is C14H24ClN3. The number of anilines is 1. The standard InChI is InChI=1S/C14H24ClN3/c1-5-9-11-12(15)16-10-17-13(11)18-14(6-2,7-3)8-4/h10H,5-9H2,1-4H3,(H,16,17,18). The number of halogens is 1. The minimum Gasteiger partial charge on any atom is -0.364 e. The molecule has 0 aliphatic heterocycles. The molecule has 18 heavy (non-hydrogen) atoms. The van der Waals surface area contributed by atoms with Crippen LogP contribution in [0.5, 0.6) is 0 Å². The van der Waals surface area contributed by atoms with Crippen molar-refractivity contribution in [3.8, 4) is 0 Å². The fraction of sp³-hybridized carbons (Fsp3) is 0.714. The predicted octanol–water partition coefficient (Wildman–Crippen LogP) is 4.46. The summed E-state index contributed by atoms with van der Waals surface area (Å²) in [6.45, 7) is 8.77. The maximum Gasteiger partial charge on any atom is 0.137 e. The van der Waals surface area contributed by atoms with Crippen molar-refractivity contribution in [2.75, 3.05) is 5.32 Å². The van der Waals surface area contributed by atoms with Crippen molar-refractivity contribution in [2.24, 2.45) is 0 Å². The molecule has 0 saturated heterocycles. The van der Waals surface area contributed by atoms with Crippen molar-refractivity contribution in [1.82, 2.24) is 9.97 Å². The van der Waals surface area contributed by atoms with Crippen molar-refractivity contribution >= 4 is 17.4 Å². The first kappa shape index (κ1) is 15.2. The lowest BCUT2D eigenvalue weighted by Gasteiger charge is -2.33. The zero-order valence-electron chi connectivity index (χ0n) is 11.9. The van der Waals surface area contributed by atoms with Crippen LogP contribution in [0.4, 0.5) is 5.82 Å². The second-order valence-electron chi connectivity index (χ2n) is 4.71. The summed E-state index contributed by atoms with van der Waals surface area (Å²) in [5, 5.41) is 4.18. The highest BCUT2D eigenvalue weighted by molar-refractivity contribution is 6.30. The van der Waals surface area contributed by atoms with Gasteiger partial charge in [-0.2, -0.15) is 0 Å². The predicted molar refractivity (Wildman–Crippen MR) is 78.3 cm³/mol. The summed E-state index contributed by atoms with van der Waals surface area (Å²) >= 11 is 6.18. The maximum absolute atomic E-state index is 6.18. The molecule has 0 fully saturated rings. The summed E-state index contributed by atoms with van der Waals surface area (Å²) in [5.41, 5.74) is 1.15. The van der Waals surface area contributed by atoms with Crippen LogP contribution in [0.1, 0.15) is 58.9 Å². The second kappa shape index (κ2) is 6.93. The van der Waals surface area contributed by atoms with Gasteiger partial charge >= 0.3 is 0 Å². The molecule has 0 saturated carbocycles. The van der Waals surface area contributed by atoms with Crippen LogP contribution in [-0.2, 0) is 6.42 Å². The minimum absolute atomic E-state index is 0.111. The molecule has 0 bridgehead atoms. The van der Waals surface area contributed by atoms with E-state index in [1.807, 2.05) is 0 Å². The van der Waals surface area contributed by atoms with Crippen LogP contribution in [0.2, 0.25) is 5.15 Å². The zero-order valence-corrected chi connectivity index (χ0v) is 12.6. The van der Waals surface area contributed by atoms with Gasteiger partial charge < -0.3 is 5.32 Å². The average molecular weight is 270 g/mol. The normalized spacial score (nSPS) is 11.6. The van der Waals surface area contributed by atoms with Gasteiger partial charge in [0.15, 0.2) is 0 Å². The van der Waals surface area contributed by atoms with E-state index >= 15 is 0 Å². The van der Waals surface area contributed by atoms with E-state index in [2.05, 4.69) is 43.0 Å². The third-order valence-corrected chi connectivity index (χ3v) is 4.13. The third-order valence-electron chi connectivity index (χ3n) is 3.81. The molecule has 0 atom stereocenters. The molecule has 1 rings (SSSR count). The number of aromatic nitrogens is 2. The van der Waals surface area contributed by atoms with Crippen LogP contribution in [-0.4, -0.2) is 15.5 Å². The average Bonchev–Trinajstić information content (AvgIpc) is 2.40. The van der Waals surface area contributed by atoms with Gasteiger partial charge in [0.1, 0.15) is 17.3 Å². The second-order valence-corrected chi connectivity index (χ2v) is 5.07. The SMILES string of the molecule is CCCc1c(Cl)ncnc1NC(CC)(CC)CC. The Balaban J connectivity index is 3.05. The highest BCUT2D eigenvalue weighted by Crippen LogP contribution is 2.29. The molecule has 0 spiro atoms. The van der Waals surface area contributed by atoms with Gasteiger partial charge in [-0.05, 0) is 25.7 Å². The number of hydrogen-bond acceptors (Lipinski definition) is 3. The lowest BCUT2D eigenvalue weighted by Crippen LogP contribution is -2.37. The Morgan fingerprint density at radius 3 is 2.22 bits per heavy atom. The van der Waals surface area contributed by atoms with Crippen LogP contribution in [0.15, 0.2) is 6.33 Å². The Morgan fingerprint density at radius 2 is 1.72 bits per heavy atom. The van der Waals surface area contributed by atoms with Gasteiger partial charge in [0, 0.05) is 11.1 Å². The number of hydrogen-bond donors (Lipinski definition) is 1. The molecular weight excluding hydrogens is 246 g/mol. The van der Waals surface area contributed by atoms with Crippen LogP contribution in [0.3, 0.4) is 0 Å². The number of nitrogens with zero attached hydrogens (tertiary/aromatic N) is 2. The molecule has 1 heterocycles. The van der Waals surface area contributed by atoms with E-state index in [1.54, 1.807) is 0 Å². The lowest BCUT2D eigenvalue weighted by atomic mass is 9.89. The Bertz CT molecular complexity index is 367. The van der Waals surface area contributed by atoms with Gasteiger partial charge in [0.2, 0.25) is 0 Å². The van der Waals surface area contributed by atoms with Gasteiger partial charge in [-0.25, -0.2) is 9.97 Å². The number of nitrogens with one attached hydrogen (secondary N) is 1. The van der Waals surface area contributed by atoms with Crippen molar-refractivity contribution in [1.29, 1.82) is 0 Å². The van der Waals surface area contributed by atoms with Gasteiger partial charge in [-0.1, -0.05) is 45.7 Å². The molecule has 102 valence electrons. The van der Waals surface area contributed by atoms with Crippen molar-refractivity contribution in [3.63, 3.8) is 0 Å². The summed E-state index contributed by atoms with van der Waals surface area (Å²) in [7, 11) is 0. The summed E-state index contributed by atoms with van der Waals surface area (Å²) < 4.78 is 0. The van der Waals surface area contributed by atoms with Gasteiger partial charge in [0.05, 0.1) is 0 Å². The van der Waals surface area contributed by atoms with E-state index in [0.717, 1.165) is 43.5 Å². The van der Waals surface area contributed by atoms with E-state index < -0.39 is 0 Å². The fourth-order valence-electron chi connectivity index (χ4n) is 2.24. The molecule has 4 heteroatoms. The van der Waals surface area contributed by atoms with Gasteiger partial charge in [-0.3, -0.25) is 0 Å². The Hall–Kier alpha value is -0.830. The largest absolute Gasteiger partial charge is 0.364 e. The first-order valence-electron chi connectivity index (χ1n) is 6.90. The summed E-state index contributed by atoms with van der Waals surface area (Å²) in [6, 6.07) is 0. The van der Waals surface area contributed by atoms with Crippen LogP contribution < -0.4 is 5.32 Å². The Morgan fingerprint density at radius 1 is 1.11 bits per heavy atom. The molecule has 0 aliphatic carbocycles. The first-order chi connectivity index (χ1) is 8.62. The Kier molecular flexibility index (Phi) is 5.86. The van der Waals surface area contributed by atoms with Gasteiger partial charge in [-0.15, -0.1) is 0 Å². The van der Waals surface area contributed by atoms with Crippen molar-refractivity contribution in [2.45, 2.75) is 65.3 Å². The van der Waals surface area contributed by atoms with Crippen molar-refractivity contribution < 1.29 is 0 Å². The van der Waals surface area contributed by atoms with E-state index in [-0.39, 0.29) is 5.54 Å². The Labute approximate surface area is 115 Å². The summed E-state index contributed by atoms with van der Waals surface area (Å²) in [5.74, 6) is 0.905. The van der Waals surface area contributed by atoms with Crippen LogP contribution >= 0.6 is 11.6 Å². The number of rotatable bonds is 7. The molecule has 0 aromatic carbocycles. The quantitative estimate of drug-likeness (QED) is 0.743. The first-order valence-corrected chi connectivity index (χ1v) is 7.27. The molecule has 0 amide bonds. The highest BCUT2D eigenvalue weighted by atomic mass is 35.5.